The van der Waals surface area contributed by atoms with Crippen molar-refractivity contribution in [3.63, 3.8) is 0 Å². The number of rotatable bonds is 3. The predicted octanol–water partition coefficient (Wildman–Crippen LogP) is 2.13. The summed E-state index contributed by atoms with van der Waals surface area (Å²) in [4.78, 5) is 72.1. The first kappa shape index (κ1) is 16.9. The summed E-state index contributed by atoms with van der Waals surface area (Å²) in [7, 11) is 0. The van der Waals surface area contributed by atoms with E-state index in [1.54, 1.807) is 0 Å². The summed E-state index contributed by atoms with van der Waals surface area (Å²) in [5.41, 5.74) is 1.04. The van der Waals surface area contributed by atoms with E-state index >= 15 is 0 Å². The summed E-state index contributed by atoms with van der Waals surface area (Å²) < 4.78 is 0. The molecule has 0 saturated carbocycles. The van der Waals surface area contributed by atoms with Crippen molar-refractivity contribution in [1.82, 2.24) is 0 Å². The molecule has 0 spiro atoms. The molecule has 0 bridgehead atoms. The van der Waals surface area contributed by atoms with Gasteiger partial charge in [-0.3, -0.25) is 24.0 Å². The molecule has 0 amide bonds. The largest absolute Gasteiger partial charge is 0.302 e. The van der Waals surface area contributed by atoms with Gasteiger partial charge in [0.25, 0.3) is 0 Å². The van der Waals surface area contributed by atoms with Gasteiger partial charge in [0.15, 0.2) is 28.9 Å². The average molecular weight is 360 g/mol. The van der Waals surface area contributed by atoms with E-state index in [2.05, 4.69) is 0 Å². The summed E-state index contributed by atoms with van der Waals surface area (Å²) >= 11 is 0. The van der Waals surface area contributed by atoms with Crippen molar-refractivity contribution < 1.29 is 28.8 Å². The van der Waals surface area contributed by atoms with Crippen molar-refractivity contribution in [2.75, 3.05) is 0 Å². The number of ketones is 5. The van der Waals surface area contributed by atoms with Gasteiger partial charge in [-0.2, -0.15) is 0 Å². The summed E-state index contributed by atoms with van der Waals surface area (Å²) in [6.07, 6.45) is 0.302. The summed E-state index contributed by atoms with van der Waals surface area (Å²) in [5.74, 6) is -4.34. The first-order valence-electron chi connectivity index (χ1n) is 8.30. The number of Topliss-reactive ketones (excluding diaryl/α,β-unsaturated/α-hetero) is 4. The summed E-state index contributed by atoms with van der Waals surface area (Å²) in [6, 6.07) is 8.36. The van der Waals surface area contributed by atoms with E-state index in [4.69, 9.17) is 0 Å². The van der Waals surface area contributed by atoms with E-state index < -0.39 is 29.2 Å². The Morgan fingerprint density at radius 2 is 1.19 bits per heavy atom. The van der Waals surface area contributed by atoms with Crippen molar-refractivity contribution in [3.05, 3.63) is 69.8 Å². The van der Waals surface area contributed by atoms with E-state index in [-0.39, 0.29) is 39.4 Å². The number of carbonyl (C=O) groups excluding carboxylic acids is 6. The Morgan fingerprint density at radius 3 is 1.74 bits per heavy atom. The molecule has 2 aliphatic rings. The maximum absolute atomic E-state index is 12.8. The number of hydrogen-bond acceptors (Lipinski definition) is 6. The van der Waals surface area contributed by atoms with Crippen LogP contribution in [0.2, 0.25) is 0 Å². The zero-order chi connectivity index (χ0) is 19.5. The van der Waals surface area contributed by atoms with Crippen LogP contribution in [0.25, 0.3) is 0 Å². The molecule has 0 radical (unpaired) electrons. The standard InChI is InChI=1S/C21H12O6/c1-9-17(23)12-4-2-10(6-14(12)18(9)24)19(25)11-3-5-13-15(7-11)21(27)16(8-22)20(13)26/h2-9,16H,1H3. The molecule has 2 aromatic rings. The Morgan fingerprint density at radius 1 is 0.741 bits per heavy atom. The summed E-state index contributed by atoms with van der Waals surface area (Å²) in [6.45, 7) is 1.53. The lowest BCUT2D eigenvalue weighted by Crippen LogP contribution is -2.15. The van der Waals surface area contributed by atoms with Crippen LogP contribution >= 0.6 is 0 Å². The third kappa shape index (κ3) is 2.26. The molecule has 132 valence electrons. The highest BCUT2D eigenvalue weighted by Gasteiger charge is 2.39. The predicted molar refractivity (Wildman–Crippen MR) is 92.4 cm³/mol. The number of benzene rings is 2. The Balaban J connectivity index is 1.74. The van der Waals surface area contributed by atoms with Crippen molar-refractivity contribution in [3.8, 4) is 0 Å². The second-order valence-corrected chi connectivity index (χ2v) is 6.64. The molecule has 6 nitrogen and oxygen atoms in total. The van der Waals surface area contributed by atoms with E-state index in [9.17, 15) is 28.8 Å². The molecular weight excluding hydrogens is 348 g/mol. The molecule has 2 aliphatic carbocycles. The lowest BCUT2D eigenvalue weighted by atomic mass is 9.96. The minimum absolute atomic E-state index is 0.0454. The van der Waals surface area contributed by atoms with Crippen molar-refractivity contribution in [1.29, 1.82) is 0 Å². The molecule has 6 heteroatoms. The van der Waals surface area contributed by atoms with Gasteiger partial charge in [0, 0.05) is 33.4 Å². The molecule has 2 atom stereocenters. The van der Waals surface area contributed by atoms with E-state index in [1.165, 1.54) is 43.3 Å². The lowest BCUT2D eigenvalue weighted by Gasteiger charge is -2.05. The zero-order valence-electron chi connectivity index (χ0n) is 14.1. The molecule has 0 aromatic heterocycles. The molecule has 2 unspecified atom stereocenters. The molecular formula is C21H12O6. The molecule has 2 aromatic carbocycles. The highest BCUT2D eigenvalue weighted by atomic mass is 16.2. The highest BCUT2D eigenvalue weighted by molar-refractivity contribution is 6.33. The average Bonchev–Trinajstić information content (AvgIpc) is 3.06. The molecule has 27 heavy (non-hydrogen) atoms. The quantitative estimate of drug-likeness (QED) is 0.472. The third-order valence-corrected chi connectivity index (χ3v) is 5.11. The number of hydrogen-bond donors (Lipinski definition) is 0. The second kappa shape index (κ2) is 5.74. The van der Waals surface area contributed by atoms with Crippen LogP contribution in [0.4, 0.5) is 0 Å². The van der Waals surface area contributed by atoms with Gasteiger partial charge in [-0.15, -0.1) is 0 Å². The molecule has 0 saturated heterocycles. The molecule has 0 aliphatic heterocycles. The van der Waals surface area contributed by atoms with Crippen LogP contribution in [0.3, 0.4) is 0 Å². The van der Waals surface area contributed by atoms with Gasteiger partial charge in [-0.1, -0.05) is 12.1 Å². The van der Waals surface area contributed by atoms with Crippen LogP contribution in [0.1, 0.15) is 64.3 Å². The fraction of sp³-hybridized carbons (Fsp3) is 0.143. The fourth-order valence-electron chi connectivity index (χ4n) is 3.54. The maximum atomic E-state index is 12.8. The monoisotopic (exact) mass is 360 g/mol. The van der Waals surface area contributed by atoms with Crippen LogP contribution in [0, 0.1) is 11.8 Å². The van der Waals surface area contributed by atoms with Crippen LogP contribution in [-0.4, -0.2) is 35.2 Å². The number of aldehydes is 1. The van der Waals surface area contributed by atoms with Gasteiger partial charge < -0.3 is 4.79 Å². The van der Waals surface area contributed by atoms with Crippen LogP contribution in [0.5, 0.6) is 0 Å². The van der Waals surface area contributed by atoms with Gasteiger partial charge in [0.2, 0.25) is 0 Å². The Hall–Kier alpha value is -3.54. The third-order valence-electron chi connectivity index (χ3n) is 5.11. The first-order chi connectivity index (χ1) is 12.8. The van der Waals surface area contributed by atoms with E-state index in [0.29, 0.717) is 11.8 Å². The van der Waals surface area contributed by atoms with Crippen LogP contribution < -0.4 is 0 Å². The molecule has 0 fully saturated rings. The normalized spacial score (nSPS) is 20.6. The van der Waals surface area contributed by atoms with Gasteiger partial charge in [0.1, 0.15) is 12.2 Å². The summed E-state index contributed by atoms with van der Waals surface area (Å²) in [5, 5.41) is 0. The van der Waals surface area contributed by atoms with Crippen molar-refractivity contribution in [2.24, 2.45) is 11.8 Å². The second-order valence-electron chi connectivity index (χ2n) is 6.64. The van der Waals surface area contributed by atoms with Crippen LogP contribution in [-0.2, 0) is 4.79 Å². The van der Waals surface area contributed by atoms with E-state index in [0.717, 1.165) is 0 Å². The zero-order valence-corrected chi connectivity index (χ0v) is 14.1. The minimum atomic E-state index is -1.35. The maximum Gasteiger partial charge on any atom is 0.193 e. The Kier molecular flexibility index (Phi) is 3.59. The fourth-order valence-corrected chi connectivity index (χ4v) is 3.54. The van der Waals surface area contributed by atoms with Gasteiger partial charge >= 0.3 is 0 Å². The number of carbonyl (C=O) groups is 6. The Bertz CT molecular complexity index is 1110. The number of fused-ring (bicyclic) bond motifs is 2. The van der Waals surface area contributed by atoms with Crippen LogP contribution in [0.15, 0.2) is 36.4 Å². The minimum Gasteiger partial charge on any atom is -0.302 e. The van der Waals surface area contributed by atoms with Crippen molar-refractivity contribution in [2.45, 2.75) is 6.92 Å². The SMILES string of the molecule is CC1C(=O)c2ccc(C(=O)c3ccc4c(c3)C(=O)C(C=O)C4=O)cc2C1=O. The molecule has 0 heterocycles. The van der Waals surface area contributed by atoms with Crippen molar-refractivity contribution >= 4 is 35.2 Å². The smallest absolute Gasteiger partial charge is 0.193 e. The molecule has 4 rings (SSSR count). The Labute approximate surface area is 153 Å². The van der Waals surface area contributed by atoms with Gasteiger partial charge in [0.05, 0.1) is 5.92 Å². The van der Waals surface area contributed by atoms with Gasteiger partial charge in [-0.05, 0) is 31.2 Å². The highest BCUT2D eigenvalue weighted by Crippen LogP contribution is 2.30. The molecule has 0 N–H and O–H groups in total. The van der Waals surface area contributed by atoms with Gasteiger partial charge in [-0.25, -0.2) is 0 Å². The van der Waals surface area contributed by atoms with E-state index in [1.807, 2.05) is 0 Å². The first-order valence-corrected chi connectivity index (χ1v) is 8.30. The topological polar surface area (TPSA) is 102 Å². The lowest BCUT2D eigenvalue weighted by molar-refractivity contribution is -0.108.